The zero-order chi connectivity index (χ0) is 17.7. The normalized spacial score (nSPS) is 20.7. The Morgan fingerprint density at radius 3 is 2.46 bits per heavy atom. The minimum absolute atomic E-state index is 0.0440. The molecule has 0 bridgehead atoms. The molecule has 1 aliphatic heterocycles. The maximum absolute atomic E-state index is 12.8. The van der Waals surface area contributed by atoms with E-state index in [1.165, 1.54) is 5.56 Å². The van der Waals surface area contributed by atoms with Gasteiger partial charge >= 0.3 is 0 Å². The number of nitrogens with two attached hydrogens (primary N) is 1. The fraction of sp³-hybridized carbons (Fsp3) is 0.579. The van der Waals surface area contributed by atoms with Crippen LogP contribution in [0, 0.1) is 11.8 Å². The summed E-state index contributed by atoms with van der Waals surface area (Å²) in [7, 11) is 0. The number of piperidine rings is 1. The number of rotatable bonds is 6. The number of nitrogens with one attached hydrogen (secondary N) is 1. The number of hydrogen-bond donors (Lipinski definition) is 2. The standard InChI is InChI=1S/C19H29N3O2/c1-13(2)17(15-8-5-4-6-9-15)21-14(3)19(24)22-11-7-10-16(12-22)18(20)23/h4-6,8-9,13-14,16-17,21H,7,10-12H2,1-3H3,(H2,20,23)/t14-,16+,17+/m0/s1. The molecule has 3 N–H and O–H groups in total. The summed E-state index contributed by atoms with van der Waals surface area (Å²) in [6, 6.07) is 10.00. The van der Waals surface area contributed by atoms with E-state index < -0.39 is 0 Å². The van der Waals surface area contributed by atoms with Crippen LogP contribution in [0.5, 0.6) is 0 Å². The van der Waals surface area contributed by atoms with Crippen LogP contribution < -0.4 is 11.1 Å². The number of carbonyl (C=O) groups excluding carboxylic acids is 2. The van der Waals surface area contributed by atoms with E-state index in [2.05, 4.69) is 31.3 Å². The van der Waals surface area contributed by atoms with Crippen LogP contribution in [0.3, 0.4) is 0 Å². The molecule has 0 saturated carbocycles. The molecule has 132 valence electrons. The summed E-state index contributed by atoms with van der Waals surface area (Å²) in [5.41, 5.74) is 6.59. The molecule has 1 fully saturated rings. The monoisotopic (exact) mass is 331 g/mol. The molecule has 2 rings (SSSR count). The van der Waals surface area contributed by atoms with Crippen molar-refractivity contribution in [2.45, 2.75) is 45.7 Å². The van der Waals surface area contributed by atoms with Gasteiger partial charge in [0.1, 0.15) is 0 Å². The number of primary amides is 1. The first-order valence-electron chi connectivity index (χ1n) is 8.79. The second-order valence-electron chi connectivity index (χ2n) is 7.05. The van der Waals surface area contributed by atoms with Gasteiger partial charge in [-0.25, -0.2) is 0 Å². The Morgan fingerprint density at radius 1 is 1.21 bits per heavy atom. The van der Waals surface area contributed by atoms with E-state index >= 15 is 0 Å². The molecule has 0 aromatic heterocycles. The van der Waals surface area contributed by atoms with E-state index in [0.29, 0.717) is 19.0 Å². The van der Waals surface area contributed by atoms with Gasteiger partial charge in [0.2, 0.25) is 11.8 Å². The van der Waals surface area contributed by atoms with Gasteiger partial charge in [-0.05, 0) is 31.2 Å². The van der Waals surface area contributed by atoms with Crippen LogP contribution in [0.2, 0.25) is 0 Å². The van der Waals surface area contributed by atoms with Gasteiger partial charge in [0.15, 0.2) is 0 Å². The van der Waals surface area contributed by atoms with E-state index in [1.807, 2.05) is 25.1 Å². The molecule has 1 heterocycles. The van der Waals surface area contributed by atoms with Crippen LogP contribution >= 0.6 is 0 Å². The topological polar surface area (TPSA) is 75.4 Å². The second kappa shape index (κ2) is 8.29. The smallest absolute Gasteiger partial charge is 0.239 e. The first-order valence-corrected chi connectivity index (χ1v) is 8.79. The molecule has 0 spiro atoms. The Hall–Kier alpha value is -1.88. The van der Waals surface area contributed by atoms with Crippen LogP contribution in [-0.2, 0) is 9.59 Å². The Balaban J connectivity index is 2.02. The van der Waals surface area contributed by atoms with Crippen LogP contribution in [0.4, 0.5) is 0 Å². The number of hydrogen-bond acceptors (Lipinski definition) is 3. The van der Waals surface area contributed by atoms with Crippen molar-refractivity contribution in [1.29, 1.82) is 0 Å². The molecule has 1 saturated heterocycles. The summed E-state index contributed by atoms with van der Waals surface area (Å²) in [5.74, 6) is -0.118. The minimum atomic E-state index is -0.308. The van der Waals surface area contributed by atoms with Gasteiger partial charge in [-0.3, -0.25) is 14.9 Å². The maximum Gasteiger partial charge on any atom is 0.239 e. The fourth-order valence-corrected chi connectivity index (χ4v) is 3.36. The summed E-state index contributed by atoms with van der Waals surface area (Å²) >= 11 is 0. The lowest BCUT2D eigenvalue weighted by atomic mass is 9.94. The maximum atomic E-state index is 12.8. The van der Waals surface area contributed by atoms with Gasteiger partial charge in [-0.15, -0.1) is 0 Å². The third-order valence-electron chi connectivity index (χ3n) is 4.76. The number of likely N-dealkylation sites (tertiary alicyclic amines) is 1. The molecular formula is C19H29N3O2. The number of amides is 2. The van der Waals surface area contributed by atoms with Crippen molar-refractivity contribution >= 4 is 11.8 Å². The lowest BCUT2D eigenvalue weighted by Crippen LogP contribution is -2.51. The van der Waals surface area contributed by atoms with Gasteiger partial charge in [0.05, 0.1) is 12.0 Å². The van der Waals surface area contributed by atoms with Gasteiger partial charge in [0.25, 0.3) is 0 Å². The van der Waals surface area contributed by atoms with Crippen LogP contribution in [0.1, 0.15) is 45.2 Å². The van der Waals surface area contributed by atoms with Crippen molar-refractivity contribution in [2.75, 3.05) is 13.1 Å². The highest BCUT2D eigenvalue weighted by molar-refractivity contribution is 5.83. The van der Waals surface area contributed by atoms with Crippen molar-refractivity contribution in [3.63, 3.8) is 0 Å². The Kier molecular flexibility index (Phi) is 6.37. The molecule has 0 radical (unpaired) electrons. The Bertz CT molecular complexity index is 559. The van der Waals surface area contributed by atoms with Crippen LogP contribution in [0.15, 0.2) is 30.3 Å². The molecule has 1 aliphatic rings. The van der Waals surface area contributed by atoms with Gasteiger partial charge in [-0.1, -0.05) is 44.2 Å². The summed E-state index contributed by atoms with van der Waals surface area (Å²) in [6.45, 7) is 7.33. The largest absolute Gasteiger partial charge is 0.369 e. The average molecular weight is 331 g/mol. The molecule has 2 amide bonds. The fourth-order valence-electron chi connectivity index (χ4n) is 3.36. The highest BCUT2D eigenvalue weighted by Gasteiger charge is 2.30. The van der Waals surface area contributed by atoms with Gasteiger partial charge < -0.3 is 10.6 Å². The third-order valence-corrected chi connectivity index (χ3v) is 4.76. The molecule has 5 nitrogen and oxygen atoms in total. The van der Waals surface area contributed by atoms with Crippen molar-refractivity contribution in [2.24, 2.45) is 17.6 Å². The lowest BCUT2D eigenvalue weighted by Gasteiger charge is -2.35. The number of benzene rings is 1. The van der Waals surface area contributed by atoms with Crippen molar-refractivity contribution < 1.29 is 9.59 Å². The number of nitrogens with zero attached hydrogens (tertiary/aromatic N) is 1. The van der Waals surface area contributed by atoms with Crippen LogP contribution in [0.25, 0.3) is 0 Å². The summed E-state index contributed by atoms with van der Waals surface area (Å²) < 4.78 is 0. The summed E-state index contributed by atoms with van der Waals surface area (Å²) in [4.78, 5) is 26.0. The lowest BCUT2D eigenvalue weighted by molar-refractivity contribution is -0.136. The highest BCUT2D eigenvalue weighted by Crippen LogP contribution is 2.23. The predicted octanol–water partition coefficient (Wildman–Crippen LogP) is 2.09. The molecule has 5 heteroatoms. The summed E-state index contributed by atoms with van der Waals surface area (Å²) in [5, 5.41) is 3.47. The molecule has 3 atom stereocenters. The summed E-state index contributed by atoms with van der Waals surface area (Å²) in [6.07, 6.45) is 1.61. The van der Waals surface area contributed by atoms with Crippen LogP contribution in [-0.4, -0.2) is 35.8 Å². The zero-order valence-corrected chi connectivity index (χ0v) is 14.9. The van der Waals surface area contributed by atoms with E-state index in [-0.39, 0.29) is 29.8 Å². The van der Waals surface area contributed by atoms with Crippen molar-refractivity contribution in [1.82, 2.24) is 10.2 Å². The molecule has 24 heavy (non-hydrogen) atoms. The van der Waals surface area contributed by atoms with E-state index in [1.54, 1.807) is 4.90 Å². The average Bonchev–Trinajstić information content (AvgIpc) is 2.59. The van der Waals surface area contributed by atoms with Gasteiger partial charge in [0, 0.05) is 19.1 Å². The first-order chi connectivity index (χ1) is 11.4. The molecule has 1 aromatic carbocycles. The molecule has 0 unspecified atom stereocenters. The van der Waals surface area contributed by atoms with Crippen molar-refractivity contribution in [3.8, 4) is 0 Å². The molecular weight excluding hydrogens is 302 g/mol. The minimum Gasteiger partial charge on any atom is -0.369 e. The zero-order valence-electron chi connectivity index (χ0n) is 14.9. The van der Waals surface area contributed by atoms with Gasteiger partial charge in [-0.2, -0.15) is 0 Å². The van der Waals surface area contributed by atoms with E-state index in [9.17, 15) is 9.59 Å². The van der Waals surface area contributed by atoms with Crippen molar-refractivity contribution in [3.05, 3.63) is 35.9 Å². The molecule has 0 aliphatic carbocycles. The predicted molar refractivity (Wildman–Crippen MR) is 95.1 cm³/mol. The molecule has 1 aromatic rings. The Morgan fingerprint density at radius 2 is 1.88 bits per heavy atom. The SMILES string of the molecule is CC(C)[C@@H](N[C@@H](C)C(=O)N1CCC[C@@H](C(N)=O)C1)c1ccccc1. The first kappa shape index (κ1) is 18.5. The highest BCUT2D eigenvalue weighted by atomic mass is 16.2. The number of carbonyl (C=O) groups is 2. The third kappa shape index (κ3) is 4.57. The van der Waals surface area contributed by atoms with E-state index in [0.717, 1.165) is 12.8 Å². The van der Waals surface area contributed by atoms with E-state index in [4.69, 9.17) is 5.73 Å². The Labute approximate surface area is 144 Å². The second-order valence-corrected chi connectivity index (χ2v) is 7.05. The quantitative estimate of drug-likeness (QED) is 0.838.